The van der Waals surface area contributed by atoms with Crippen LogP contribution in [0, 0.1) is 0 Å². The van der Waals surface area contributed by atoms with E-state index in [1.54, 1.807) is 20.0 Å². The number of aromatic amines is 1. The van der Waals surface area contributed by atoms with E-state index >= 15 is 0 Å². The van der Waals surface area contributed by atoms with Crippen molar-refractivity contribution in [3.05, 3.63) is 53.4 Å². The van der Waals surface area contributed by atoms with Crippen LogP contribution in [-0.2, 0) is 22.8 Å². The Morgan fingerprint density at radius 1 is 1.00 bits per heavy atom. The summed E-state index contributed by atoms with van der Waals surface area (Å²) in [6.07, 6.45) is 3.59. The number of nitrogens with one attached hydrogen (secondary N) is 3. The van der Waals surface area contributed by atoms with E-state index in [0.29, 0.717) is 18.8 Å². The smallest absolute Gasteiger partial charge is 0.168 e. The Labute approximate surface area is 214 Å². The van der Waals surface area contributed by atoms with Gasteiger partial charge < -0.3 is 24.9 Å². The third kappa shape index (κ3) is 5.30. The summed E-state index contributed by atoms with van der Waals surface area (Å²) in [4.78, 5) is 30.5. The first-order valence-corrected chi connectivity index (χ1v) is 13.8. The number of hydrogen-bond acceptors (Lipinski definition) is 7. The molecule has 0 saturated carbocycles. The van der Waals surface area contributed by atoms with Crippen LogP contribution in [0.15, 0.2) is 36.7 Å². The van der Waals surface area contributed by atoms with Gasteiger partial charge >= 0.3 is 0 Å². The molecule has 3 N–H and O–H groups in total. The van der Waals surface area contributed by atoms with E-state index in [4.69, 9.17) is 9.47 Å². The average molecular weight is 524 g/mol. The fourth-order valence-corrected chi connectivity index (χ4v) is 5.37. The van der Waals surface area contributed by atoms with Crippen LogP contribution < -0.4 is 25.4 Å². The predicted molar refractivity (Wildman–Crippen MR) is 147 cm³/mol. The number of H-pyrrole nitrogens is 1. The topological polar surface area (TPSA) is 105 Å². The maximum Gasteiger partial charge on any atom is 0.168 e. The molecule has 0 spiro atoms. The van der Waals surface area contributed by atoms with Crippen molar-refractivity contribution >= 4 is 39.6 Å². The molecule has 0 aliphatic carbocycles. The molecule has 0 radical (unpaired) electrons. The van der Waals surface area contributed by atoms with Crippen LogP contribution in [0.5, 0.6) is 11.5 Å². The van der Waals surface area contributed by atoms with Gasteiger partial charge in [-0.1, -0.05) is 13.8 Å². The molecule has 10 heteroatoms. The number of hydrogen-bond donors (Lipinski definition) is 3. The van der Waals surface area contributed by atoms with Crippen LogP contribution in [-0.4, -0.2) is 28.1 Å². The minimum atomic E-state index is -0.0177. The fourth-order valence-electron chi connectivity index (χ4n) is 4.18. The van der Waals surface area contributed by atoms with Gasteiger partial charge in [0, 0.05) is 70.9 Å². The maximum atomic E-state index is 11.5. The molecule has 0 fully saturated rings. The maximum absolute atomic E-state index is 11.5. The lowest BCUT2D eigenvalue weighted by molar-refractivity contribution is -0.110. The molecule has 1 aromatic heterocycles. The van der Waals surface area contributed by atoms with Gasteiger partial charge in [0.15, 0.2) is 11.0 Å². The average Bonchev–Trinajstić information content (AvgIpc) is 3.33. The highest BCUT2D eigenvalue weighted by Crippen LogP contribution is 2.50. The Kier molecular flexibility index (Phi) is 8.07. The molecule has 2 aliphatic heterocycles. The third-order valence-corrected chi connectivity index (χ3v) is 7.13. The van der Waals surface area contributed by atoms with Gasteiger partial charge in [0.1, 0.15) is 30.3 Å². The number of nitrogens with zero attached hydrogens (tertiary/aromatic N) is 1. The lowest BCUT2D eigenvalue weighted by Crippen LogP contribution is -2.16. The van der Waals surface area contributed by atoms with Gasteiger partial charge in [-0.2, -0.15) is 0 Å². The molecule has 0 saturated heterocycles. The van der Waals surface area contributed by atoms with E-state index in [-0.39, 0.29) is 28.4 Å². The van der Waals surface area contributed by atoms with Crippen molar-refractivity contribution < 1.29 is 19.1 Å². The summed E-state index contributed by atoms with van der Waals surface area (Å²) in [6, 6.07) is 8.19. The molecule has 3 heterocycles. The highest BCUT2D eigenvalue weighted by atomic mass is 31.1. The van der Waals surface area contributed by atoms with Crippen LogP contribution in [0.4, 0.5) is 0 Å². The lowest BCUT2D eigenvalue weighted by atomic mass is 9.87. The Balaban J connectivity index is 0.00000148. The molecular formula is C26H30N4O4P2. The second-order valence-corrected chi connectivity index (χ2v) is 10.7. The van der Waals surface area contributed by atoms with E-state index in [1.807, 2.05) is 39.2 Å². The molecule has 3 aromatic rings. The molecule has 2 aliphatic rings. The van der Waals surface area contributed by atoms with Crippen LogP contribution in [0.1, 0.15) is 44.4 Å². The van der Waals surface area contributed by atoms with E-state index in [2.05, 4.69) is 32.5 Å². The monoisotopic (exact) mass is 524 g/mol. The van der Waals surface area contributed by atoms with Gasteiger partial charge in [0.05, 0.1) is 17.6 Å². The number of rotatable bonds is 8. The molecule has 0 bridgehead atoms. The van der Waals surface area contributed by atoms with Crippen molar-refractivity contribution in [1.29, 1.82) is 0 Å². The molecule has 188 valence electrons. The number of aromatic nitrogens is 2. The molecule has 2 aromatic carbocycles. The SMILES string of the molecule is CC.CN/C=C(\NPC(C)=O)c1cc2c3c(c1)OCc1cc(-c4cnc(PC(C)=O)[nH]4)cc(c1-3)OC2. The summed E-state index contributed by atoms with van der Waals surface area (Å²) >= 11 is 0. The Morgan fingerprint density at radius 3 is 2.31 bits per heavy atom. The summed E-state index contributed by atoms with van der Waals surface area (Å²) in [6.45, 7) is 7.96. The quantitative estimate of drug-likeness (QED) is 0.369. The van der Waals surface area contributed by atoms with Crippen LogP contribution in [0.2, 0.25) is 0 Å². The molecule has 2 atom stereocenters. The highest BCUT2D eigenvalue weighted by Gasteiger charge is 2.30. The Morgan fingerprint density at radius 2 is 1.67 bits per heavy atom. The number of carbonyl (C=O) groups is 2. The second-order valence-electron chi connectivity index (χ2n) is 8.07. The molecular weight excluding hydrogens is 494 g/mol. The van der Waals surface area contributed by atoms with Crippen LogP contribution in [0.25, 0.3) is 28.1 Å². The second kappa shape index (κ2) is 11.2. The number of ether oxygens (including phenoxy) is 2. The Bertz CT molecular complexity index is 1300. The van der Waals surface area contributed by atoms with Crippen molar-refractivity contribution in [2.75, 3.05) is 7.05 Å². The third-order valence-electron chi connectivity index (χ3n) is 5.54. The number of carbonyl (C=O) groups excluding carboxylic acids is 2. The van der Waals surface area contributed by atoms with Crippen molar-refractivity contribution in [2.24, 2.45) is 0 Å². The first-order chi connectivity index (χ1) is 17.4. The largest absolute Gasteiger partial charge is 0.488 e. The number of benzene rings is 2. The number of imidazole rings is 1. The van der Waals surface area contributed by atoms with E-state index < -0.39 is 0 Å². The van der Waals surface area contributed by atoms with Crippen molar-refractivity contribution in [1.82, 2.24) is 20.4 Å². The lowest BCUT2D eigenvalue weighted by Gasteiger charge is -2.30. The zero-order chi connectivity index (χ0) is 25.8. The van der Waals surface area contributed by atoms with Gasteiger partial charge in [-0.05, 0) is 31.2 Å². The molecule has 8 nitrogen and oxygen atoms in total. The van der Waals surface area contributed by atoms with Gasteiger partial charge in [0.2, 0.25) is 0 Å². The zero-order valence-corrected chi connectivity index (χ0v) is 23.0. The molecule has 36 heavy (non-hydrogen) atoms. The first kappa shape index (κ1) is 25.9. The van der Waals surface area contributed by atoms with Gasteiger partial charge in [0.25, 0.3) is 0 Å². The first-order valence-electron chi connectivity index (χ1n) is 11.8. The van der Waals surface area contributed by atoms with E-state index in [1.165, 1.54) is 0 Å². The minimum Gasteiger partial charge on any atom is -0.488 e. The van der Waals surface area contributed by atoms with Gasteiger partial charge in [-0.3, -0.25) is 9.59 Å². The minimum absolute atomic E-state index is 0.0163. The van der Waals surface area contributed by atoms with Gasteiger partial charge in [-0.25, -0.2) is 4.98 Å². The molecule has 2 unspecified atom stereocenters. The van der Waals surface area contributed by atoms with Crippen molar-refractivity contribution in [3.63, 3.8) is 0 Å². The normalized spacial score (nSPS) is 13.5. The summed E-state index contributed by atoms with van der Waals surface area (Å²) in [5.41, 5.74) is 8.59. The molecule has 0 amide bonds. The summed E-state index contributed by atoms with van der Waals surface area (Å²) in [5, 5.41) is 6.26. The standard InChI is InChI=1S/C24H24N4O4P2.C2H6/c1-12(29)33-24-26-9-18(27-24)14-4-16-10-32-21-7-15(19(8-25-3)28-34-13(2)30)5-17-11-31-20(6-14)22(16)23(17)21;1-2/h4-9,25,28,33-34H,10-11H2,1-3H3,(H,26,27);1-2H3/b19-8-;. The van der Waals surface area contributed by atoms with Crippen LogP contribution >= 0.6 is 17.3 Å². The summed E-state index contributed by atoms with van der Waals surface area (Å²) < 4.78 is 12.4. The predicted octanol–water partition coefficient (Wildman–Crippen LogP) is 4.65. The van der Waals surface area contributed by atoms with Crippen LogP contribution in [0.3, 0.4) is 0 Å². The molecule has 5 rings (SSSR count). The van der Waals surface area contributed by atoms with Crippen molar-refractivity contribution in [3.8, 4) is 33.9 Å². The zero-order valence-electron chi connectivity index (χ0n) is 21.0. The van der Waals surface area contributed by atoms with E-state index in [9.17, 15) is 9.59 Å². The highest BCUT2D eigenvalue weighted by molar-refractivity contribution is 7.64. The van der Waals surface area contributed by atoms with Gasteiger partial charge in [-0.15, -0.1) is 0 Å². The summed E-state index contributed by atoms with van der Waals surface area (Å²) in [7, 11) is 1.82. The fraction of sp³-hybridized carbons (Fsp3) is 0.269. The van der Waals surface area contributed by atoms with Crippen molar-refractivity contribution in [2.45, 2.75) is 40.9 Å². The van der Waals surface area contributed by atoms with E-state index in [0.717, 1.165) is 56.3 Å². The Hall–Kier alpha value is -3.21. The summed E-state index contributed by atoms with van der Waals surface area (Å²) in [5.74, 6) is 1.61.